The predicted molar refractivity (Wildman–Crippen MR) is 64.3 cm³/mol. The van der Waals surface area contributed by atoms with Crippen LogP contribution in [0.4, 0.5) is 0 Å². The molecule has 0 aromatic carbocycles. The number of carbonyl (C=O) groups is 1. The lowest BCUT2D eigenvalue weighted by atomic mass is 10.1. The van der Waals surface area contributed by atoms with E-state index in [1.807, 2.05) is 20.9 Å². The molecule has 1 fully saturated rings. The summed E-state index contributed by atoms with van der Waals surface area (Å²) in [6.07, 6.45) is 2.51. The lowest BCUT2D eigenvalue weighted by Gasteiger charge is -2.25. The second-order valence-corrected chi connectivity index (χ2v) is 4.64. The van der Waals surface area contributed by atoms with Crippen LogP contribution in [0, 0.1) is 5.92 Å². The molecule has 16 heavy (non-hydrogen) atoms. The largest absolute Gasteiger partial charge is 0.383 e. The zero-order valence-electron chi connectivity index (χ0n) is 10.8. The Hall–Kier alpha value is -0.610. The summed E-state index contributed by atoms with van der Waals surface area (Å²) in [7, 11) is 3.55. The van der Waals surface area contributed by atoms with Gasteiger partial charge in [-0.2, -0.15) is 0 Å². The molecule has 0 heterocycles. The second-order valence-electron chi connectivity index (χ2n) is 4.64. The van der Waals surface area contributed by atoms with Crippen LogP contribution in [-0.2, 0) is 9.53 Å². The number of nitrogens with zero attached hydrogens (tertiary/aromatic N) is 1. The highest BCUT2D eigenvalue weighted by Gasteiger charge is 2.33. The minimum atomic E-state index is -0.120. The van der Waals surface area contributed by atoms with Crippen molar-refractivity contribution in [3.63, 3.8) is 0 Å². The van der Waals surface area contributed by atoms with Gasteiger partial charge in [0, 0.05) is 26.7 Å². The molecule has 0 aromatic heterocycles. The number of hydrogen-bond acceptors (Lipinski definition) is 3. The van der Waals surface area contributed by atoms with E-state index in [0.717, 1.165) is 6.54 Å². The van der Waals surface area contributed by atoms with Crippen LogP contribution in [0.15, 0.2) is 0 Å². The number of likely N-dealkylation sites (N-methyl/N-ethyl adjacent to an activating group) is 1. The predicted octanol–water partition coefficient (Wildman–Crippen LogP) is 0.868. The van der Waals surface area contributed by atoms with Gasteiger partial charge in [0.2, 0.25) is 5.91 Å². The van der Waals surface area contributed by atoms with Crippen LogP contribution < -0.4 is 5.32 Å². The Bertz CT molecular complexity index is 229. The molecule has 1 aliphatic rings. The van der Waals surface area contributed by atoms with E-state index in [-0.39, 0.29) is 11.9 Å². The summed E-state index contributed by atoms with van der Waals surface area (Å²) in [4.78, 5) is 13.6. The third-order valence-corrected chi connectivity index (χ3v) is 3.22. The first-order valence-electron chi connectivity index (χ1n) is 6.10. The zero-order chi connectivity index (χ0) is 12.1. The van der Waals surface area contributed by atoms with E-state index in [0.29, 0.717) is 18.6 Å². The first-order chi connectivity index (χ1) is 7.60. The van der Waals surface area contributed by atoms with Crippen LogP contribution in [0.25, 0.3) is 0 Å². The molecule has 2 unspecified atom stereocenters. The number of carbonyl (C=O) groups excluding carboxylic acids is 1. The average Bonchev–Trinajstić information content (AvgIpc) is 3.10. The molecule has 4 nitrogen and oxygen atoms in total. The fourth-order valence-electron chi connectivity index (χ4n) is 1.88. The van der Waals surface area contributed by atoms with Crippen LogP contribution in [0.2, 0.25) is 0 Å². The number of nitrogens with one attached hydrogen (secondary N) is 1. The Morgan fingerprint density at radius 3 is 2.62 bits per heavy atom. The van der Waals surface area contributed by atoms with Crippen molar-refractivity contribution < 1.29 is 9.53 Å². The third-order valence-electron chi connectivity index (χ3n) is 3.22. The maximum atomic E-state index is 11.9. The molecule has 4 heteroatoms. The van der Waals surface area contributed by atoms with Gasteiger partial charge in [0.25, 0.3) is 0 Å². The summed E-state index contributed by atoms with van der Waals surface area (Å²) in [6.45, 7) is 5.36. The smallest absolute Gasteiger partial charge is 0.239 e. The fraction of sp³-hybridized carbons (Fsp3) is 0.917. The van der Waals surface area contributed by atoms with Crippen molar-refractivity contribution in [2.75, 3.05) is 27.3 Å². The highest BCUT2D eigenvalue weighted by Crippen LogP contribution is 2.32. The van der Waals surface area contributed by atoms with Crippen molar-refractivity contribution >= 4 is 5.91 Å². The maximum Gasteiger partial charge on any atom is 0.239 e. The molecule has 0 aliphatic heterocycles. The summed E-state index contributed by atoms with van der Waals surface area (Å²) < 4.78 is 5.19. The summed E-state index contributed by atoms with van der Waals surface area (Å²) >= 11 is 0. The molecule has 2 atom stereocenters. The van der Waals surface area contributed by atoms with E-state index in [9.17, 15) is 4.79 Å². The van der Waals surface area contributed by atoms with Gasteiger partial charge in [0.1, 0.15) is 0 Å². The van der Waals surface area contributed by atoms with Gasteiger partial charge in [-0.05, 0) is 32.6 Å². The van der Waals surface area contributed by atoms with Crippen molar-refractivity contribution in [3.05, 3.63) is 0 Å². The first-order valence-corrected chi connectivity index (χ1v) is 6.10. The van der Waals surface area contributed by atoms with Gasteiger partial charge in [0.05, 0.1) is 12.6 Å². The van der Waals surface area contributed by atoms with Crippen LogP contribution >= 0.6 is 0 Å². The quantitative estimate of drug-likeness (QED) is 0.703. The van der Waals surface area contributed by atoms with Gasteiger partial charge in [-0.25, -0.2) is 0 Å². The molecule has 0 aromatic rings. The molecule has 94 valence electrons. The van der Waals surface area contributed by atoms with E-state index in [2.05, 4.69) is 5.32 Å². The fourth-order valence-corrected chi connectivity index (χ4v) is 1.88. The molecule has 0 saturated heterocycles. The van der Waals surface area contributed by atoms with E-state index in [1.54, 1.807) is 12.0 Å². The Balaban J connectivity index is 2.40. The molecule has 1 rings (SSSR count). The Kier molecular flexibility index (Phi) is 5.22. The van der Waals surface area contributed by atoms with E-state index in [4.69, 9.17) is 4.74 Å². The lowest BCUT2D eigenvalue weighted by molar-refractivity contribution is -0.131. The van der Waals surface area contributed by atoms with E-state index >= 15 is 0 Å². The highest BCUT2D eigenvalue weighted by atomic mass is 16.5. The summed E-state index contributed by atoms with van der Waals surface area (Å²) in [5.74, 6) is 0.853. The van der Waals surface area contributed by atoms with Gasteiger partial charge in [-0.15, -0.1) is 0 Å². The number of amides is 1. The Labute approximate surface area is 98.3 Å². The molecule has 0 spiro atoms. The number of hydrogen-bond donors (Lipinski definition) is 1. The maximum absolute atomic E-state index is 11.9. The highest BCUT2D eigenvalue weighted by molar-refractivity contribution is 5.81. The number of rotatable bonds is 7. The minimum absolute atomic E-state index is 0.120. The van der Waals surface area contributed by atoms with Crippen molar-refractivity contribution in [1.82, 2.24) is 10.2 Å². The van der Waals surface area contributed by atoms with Crippen LogP contribution in [0.5, 0.6) is 0 Å². The third kappa shape index (κ3) is 3.76. The number of ether oxygens (including phenoxy) is 1. The van der Waals surface area contributed by atoms with Gasteiger partial charge in [-0.1, -0.05) is 0 Å². The molecule has 1 amide bonds. The van der Waals surface area contributed by atoms with Gasteiger partial charge < -0.3 is 15.0 Å². The van der Waals surface area contributed by atoms with Crippen molar-refractivity contribution in [3.8, 4) is 0 Å². The van der Waals surface area contributed by atoms with Crippen LogP contribution in [0.1, 0.15) is 26.7 Å². The van der Waals surface area contributed by atoms with Gasteiger partial charge in [-0.3, -0.25) is 4.79 Å². The molecule has 0 bridgehead atoms. The van der Waals surface area contributed by atoms with Gasteiger partial charge in [0.15, 0.2) is 0 Å². The average molecular weight is 228 g/mol. The van der Waals surface area contributed by atoms with Crippen LogP contribution in [0.3, 0.4) is 0 Å². The first kappa shape index (κ1) is 13.5. The SMILES string of the molecule is CCN(C)C(=O)C(C)NC(COC)C1CC1. The topological polar surface area (TPSA) is 41.6 Å². The standard InChI is InChI=1S/C12H24N2O2/c1-5-14(3)12(15)9(2)13-11(8-16-4)10-6-7-10/h9-11,13H,5-8H2,1-4H3. The molecular weight excluding hydrogens is 204 g/mol. The van der Waals surface area contributed by atoms with Crippen molar-refractivity contribution in [2.24, 2.45) is 5.92 Å². The lowest BCUT2D eigenvalue weighted by Crippen LogP contribution is -2.49. The monoisotopic (exact) mass is 228 g/mol. The molecular formula is C12H24N2O2. The zero-order valence-corrected chi connectivity index (χ0v) is 10.8. The second kappa shape index (κ2) is 6.21. The normalized spacial score (nSPS) is 19.2. The molecule has 1 N–H and O–H groups in total. The van der Waals surface area contributed by atoms with Gasteiger partial charge >= 0.3 is 0 Å². The van der Waals surface area contributed by atoms with Crippen LogP contribution in [-0.4, -0.2) is 50.2 Å². The van der Waals surface area contributed by atoms with E-state index < -0.39 is 0 Å². The number of methoxy groups -OCH3 is 1. The Morgan fingerprint density at radius 1 is 1.56 bits per heavy atom. The Morgan fingerprint density at radius 2 is 2.19 bits per heavy atom. The van der Waals surface area contributed by atoms with Crippen molar-refractivity contribution in [1.29, 1.82) is 0 Å². The van der Waals surface area contributed by atoms with Crippen molar-refractivity contribution in [2.45, 2.75) is 38.8 Å². The molecule has 1 aliphatic carbocycles. The summed E-state index contributed by atoms with van der Waals surface area (Å²) in [5.41, 5.74) is 0. The van der Waals surface area contributed by atoms with E-state index in [1.165, 1.54) is 12.8 Å². The summed E-state index contributed by atoms with van der Waals surface area (Å²) in [5, 5.41) is 3.38. The minimum Gasteiger partial charge on any atom is -0.383 e. The molecule has 0 radical (unpaired) electrons. The summed E-state index contributed by atoms with van der Waals surface area (Å²) in [6, 6.07) is 0.208. The molecule has 1 saturated carbocycles.